The summed E-state index contributed by atoms with van der Waals surface area (Å²) >= 11 is 0. The van der Waals surface area contributed by atoms with E-state index in [9.17, 15) is 13.2 Å². The van der Waals surface area contributed by atoms with Crippen molar-refractivity contribution in [2.75, 3.05) is 18.0 Å². The summed E-state index contributed by atoms with van der Waals surface area (Å²) in [4.78, 5) is 14.7. The Bertz CT molecular complexity index is 1250. The van der Waals surface area contributed by atoms with Gasteiger partial charge < -0.3 is 20.4 Å². The number of imidazole rings is 1. The van der Waals surface area contributed by atoms with Crippen molar-refractivity contribution in [2.45, 2.75) is 25.2 Å². The molecule has 1 aliphatic rings. The van der Waals surface area contributed by atoms with Crippen LogP contribution in [-0.4, -0.2) is 40.4 Å². The normalized spacial score (nSPS) is 15.7. The van der Waals surface area contributed by atoms with Crippen LogP contribution in [0.2, 0.25) is 0 Å². The molecule has 4 aromatic rings. The van der Waals surface area contributed by atoms with E-state index >= 15 is 0 Å². The van der Waals surface area contributed by atoms with E-state index < -0.39 is 6.36 Å². The number of fused-ring (bicyclic) bond motifs is 2. The molecule has 3 N–H and O–H groups in total. The summed E-state index contributed by atoms with van der Waals surface area (Å²) in [6.07, 6.45) is -2.88. The van der Waals surface area contributed by atoms with E-state index in [1.807, 2.05) is 24.3 Å². The highest BCUT2D eigenvalue weighted by atomic mass is 19.4. The number of aromatic amines is 1. The highest BCUT2D eigenvalue weighted by Gasteiger charge is 2.31. The number of pyridine rings is 1. The summed E-state index contributed by atoms with van der Waals surface area (Å²) in [6, 6.07) is 14.1. The first-order chi connectivity index (χ1) is 14.9. The molecule has 0 saturated carbocycles. The third-order valence-electron chi connectivity index (χ3n) is 5.51. The van der Waals surface area contributed by atoms with Crippen LogP contribution in [0.4, 0.5) is 18.9 Å². The number of anilines is 1. The Kier molecular flexibility index (Phi) is 4.70. The topological polar surface area (TPSA) is 80.1 Å². The first kappa shape index (κ1) is 19.6. The largest absolute Gasteiger partial charge is 0.573 e. The number of aromatic nitrogens is 3. The number of nitrogens with one attached hydrogen (secondary N) is 1. The molecule has 0 amide bonds. The number of piperidine rings is 1. The van der Waals surface area contributed by atoms with E-state index in [1.54, 1.807) is 0 Å². The second-order valence-electron chi connectivity index (χ2n) is 7.68. The summed E-state index contributed by atoms with van der Waals surface area (Å²) in [5.74, 6) is 0.184. The van der Waals surface area contributed by atoms with E-state index in [0.717, 1.165) is 42.5 Å². The molecule has 9 heteroatoms. The molecule has 2 aromatic heterocycles. The number of nitrogens with two attached hydrogens (primary N) is 1. The zero-order chi connectivity index (χ0) is 21.6. The first-order valence-corrected chi connectivity index (χ1v) is 10.0. The van der Waals surface area contributed by atoms with Crippen LogP contribution in [0.5, 0.6) is 5.75 Å². The van der Waals surface area contributed by atoms with Crippen LogP contribution >= 0.6 is 0 Å². The molecular formula is C22H20F3N5O. The molecule has 1 aliphatic heterocycles. The van der Waals surface area contributed by atoms with Crippen molar-refractivity contribution in [3.05, 3.63) is 48.5 Å². The minimum absolute atomic E-state index is 0.233. The summed E-state index contributed by atoms with van der Waals surface area (Å²) < 4.78 is 41.5. The maximum atomic E-state index is 12.5. The number of halogens is 3. The molecule has 6 nitrogen and oxygen atoms in total. The molecular weight excluding hydrogens is 407 g/mol. The molecule has 3 heterocycles. The summed E-state index contributed by atoms with van der Waals surface area (Å²) in [5.41, 5.74) is 9.53. The smallest absolute Gasteiger partial charge is 0.406 e. The SMILES string of the molecule is NC1CCN(c2cccc3ccc(-c4nc5ccc(OC(F)(F)F)cc5[nH]4)nc23)CC1. The first-order valence-electron chi connectivity index (χ1n) is 10.0. The van der Waals surface area contributed by atoms with Gasteiger partial charge in [-0.15, -0.1) is 13.2 Å². The summed E-state index contributed by atoms with van der Waals surface area (Å²) in [5, 5.41) is 1.01. The van der Waals surface area contributed by atoms with Crippen LogP contribution in [0.25, 0.3) is 33.5 Å². The summed E-state index contributed by atoms with van der Waals surface area (Å²) in [6.45, 7) is 1.75. The molecule has 0 bridgehead atoms. The van der Waals surface area contributed by atoms with E-state index in [1.165, 1.54) is 18.2 Å². The third-order valence-corrected chi connectivity index (χ3v) is 5.51. The Balaban J connectivity index is 1.52. The Morgan fingerprint density at radius 3 is 2.61 bits per heavy atom. The quantitative estimate of drug-likeness (QED) is 0.499. The Labute approximate surface area is 175 Å². The Hall–Kier alpha value is -3.33. The molecule has 0 spiro atoms. The van der Waals surface area contributed by atoms with Crippen molar-refractivity contribution >= 4 is 27.6 Å². The number of para-hydroxylation sites is 1. The fourth-order valence-corrected chi connectivity index (χ4v) is 3.97. The van der Waals surface area contributed by atoms with Gasteiger partial charge in [0.25, 0.3) is 0 Å². The summed E-state index contributed by atoms with van der Waals surface area (Å²) in [7, 11) is 0. The standard InChI is InChI=1S/C22H20F3N5O/c23-22(24,25)31-15-5-7-16-18(12-15)29-21(28-16)17-6-4-13-2-1-3-19(20(13)27-17)30-10-8-14(26)9-11-30/h1-7,12,14H,8-11,26H2,(H,28,29). The molecule has 0 unspecified atom stereocenters. The lowest BCUT2D eigenvalue weighted by molar-refractivity contribution is -0.274. The average Bonchev–Trinajstić information content (AvgIpc) is 3.16. The van der Waals surface area contributed by atoms with Crippen LogP contribution < -0.4 is 15.4 Å². The van der Waals surface area contributed by atoms with Crippen LogP contribution in [-0.2, 0) is 0 Å². The molecule has 0 radical (unpaired) electrons. The van der Waals surface area contributed by atoms with Crippen molar-refractivity contribution in [3.8, 4) is 17.3 Å². The number of rotatable bonds is 3. The van der Waals surface area contributed by atoms with E-state index in [4.69, 9.17) is 10.7 Å². The minimum atomic E-state index is -4.74. The predicted octanol–water partition coefficient (Wildman–Crippen LogP) is 4.60. The van der Waals surface area contributed by atoms with Gasteiger partial charge in [0.2, 0.25) is 0 Å². The fraction of sp³-hybridized carbons (Fsp3) is 0.273. The molecule has 2 aromatic carbocycles. The zero-order valence-electron chi connectivity index (χ0n) is 16.5. The van der Waals surface area contributed by atoms with Crippen LogP contribution in [0.15, 0.2) is 48.5 Å². The number of ether oxygens (including phenoxy) is 1. The molecule has 0 atom stereocenters. The minimum Gasteiger partial charge on any atom is -0.406 e. The fourth-order valence-electron chi connectivity index (χ4n) is 3.97. The lowest BCUT2D eigenvalue weighted by Crippen LogP contribution is -2.39. The van der Waals surface area contributed by atoms with Crippen molar-refractivity contribution in [3.63, 3.8) is 0 Å². The second kappa shape index (κ2) is 7.42. The van der Waals surface area contributed by atoms with Gasteiger partial charge in [-0.3, -0.25) is 0 Å². The molecule has 1 fully saturated rings. The number of hydrogen-bond acceptors (Lipinski definition) is 5. The lowest BCUT2D eigenvalue weighted by atomic mass is 10.0. The second-order valence-corrected chi connectivity index (χ2v) is 7.68. The average molecular weight is 427 g/mol. The number of nitrogens with zero attached hydrogens (tertiary/aromatic N) is 3. The van der Waals surface area contributed by atoms with Crippen molar-refractivity contribution in [2.24, 2.45) is 5.73 Å². The number of benzene rings is 2. The Morgan fingerprint density at radius 1 is 1.03 bits per heavy atom. The van der Waals surface area contributed by atoms with Gasteiger partial charge in [-0.1, -0.05) is 18.2 Å². The molecule has 31 heavy (non-hydrogen) atoms. The van der Waals surface area contributed by atoms with Gasteiger partial charge in [-0.05, 0) is 37.1 Å². The third kappa shape index (κ3) is 4.00. The highest BCUT2D eigenvalue weighted by Crippen LogP contribution is 2.31. The highest BCUT2D eigenvalue weighted by molar-refractivity contribution is 5.92. The molecule has 0 aliphatic carbocycles. The maximum Gasteiger partial charge on any atom is 0.573 e. The van der Waals surface area contributed by atoms with Gasteiger partial charge in [0.1, 0.15) is 11.4 Å². The van der Waals surface area contributed by atoms with Gasteiger partial charge in [-0.25, -0.2) is 9.97 Å². The number of hydrogen-bond donors (Lipinski definition) is 2. The van der Waals surface area contributed by atoms with Crippen molar-refractivity contribution in [1.82, 2.24) is 15.0 Å². The van der Waals surface area contributed by atoms with Crippen LogP contribution in [0.3, 0.4) is 0 Å². The molecule has 160 valence electrons. The van der Waals surface area contributed by atoms with Gasteiger partial charge in [0.05, 0.1) is 22.2 Å². The van der Waals surface area contributed by atoms with Crippen LogP contribution in [0, 0.1) is 0 Å². The number of H-pyrrole nitrogens is 1. The van der Waals surface area contributed by atoms with Crippen molar-refractivity contribution < 1.29 is 17.9 Å². The van der Waals surface area contributed by atoms with E-state index in [2.05, 4.69) is 25.7 Å². The molecule has 1 saturated heterocycles. The van der Waals surface area contributed by atoms with Crippen LogP contribution in [0.1, 0.15) is 12.8 Å². The van der Waals surface area contributed by atoms with E-state index in [-0.39, 0.29) is 11.8 Å². The molecule has 5 rings (SSSR count). The number of alkyl halides is 3. The predicted molar refractivity (Wildman–Crippen MR) is 113 cm³/mol. The Morgan fingerprint density at radius 2 is 1.84 bits per heavy atom. The monoisotopic (exact) mass is 427 g/mol. The van der Waals surface area contributed by atoms with Crippen molar-refractivity contribution in [1.29, 1.82) is 0 Å². The van der Waals surface area contributed by atoms with Gasteiger partial charge >= 0.3 is 6.36 Å². The van der Waals surface area contributed by atoms with E-state index in [0.29, 0.717) is 22.6 Å². The van der Waals surface area contributed by atoms with Gasteiger partial charge in [0.15, 0.2) is 5.82 Å². The lowest BCUT2D eigenvalue weighted by Gasteiger charge is -2.32. The van der Waals surface area contributed by atoms with Gasteiger partial charge in [-0.2, -0.15) is 0 Å². The zero-order valence-corrected chi connectivity index (χ0v) is 16.5. The van der Waals surface area contributed by atoms with Gasteiger partial charge in [0, 0.05) is 30.6 Å². The maximum absolute atomic E-state index is 12.5.